The maximum Gasteiger partial charge on any atom is 0.383 e. The highest BCUT2D eigenvalue weighted by Crippen LogP contribution is 2.24. The van der Waals surface area contributed by atoms with Crippen LogP contribution in [0.5, 0.6) is 5.75 Å². The van der Waals surface area contributed by atoms with E-state index in [-0.39, 0.29) is 12.4 Å². The summed E-state index contributed by atoms with van der Waals surface area (Å²) in [6, 6.07) is 6.61. The van der Waals surface area contributed by atoms with Gasteiger partial charge in [-0.3, -0.25) is 4.79 Å². The van der Waals surface area contributed by atoms with E-state index in [0.29, 0.717) is 16.7 Å². The Balaban J connectivity index is 2.35. The molecule has 2 aromatic rings. The molecule has 1 heterocycles. The summed E-state index contributed by atoms with van der Waals surface area (Å²) in [5.74, 6) is -1.08. The molecule has 0 aliphatic heterocycles. The monoisotopic (exact) mass is 248 g/mol. The molecule has 0 fully saturated rings. The molecule has 0 atom stereocenters. The van der Waals surface area contributed by atoms with Crippen LogP contribution in [0.4, 0.5) is 0 Å². The first-order valence-corrected chi connectivity index (χ1v) is 5.44. The van der Waals surface area contributed by atoms with E-state index in [9.17, 15) is 9.59 Å². The SMILES string of the molecule is CCOC(=O)C(=O)c1cc2cc(OC)ccc2o1. The summed E-state index contributed by atoms with van der Waals surface area (Å²) < 4.78 is 15.0. The summed E-state index contributed by atoms with van der Waals surface area (Å²) in [4.78, 5) is 22.9. The first-order chi connectivity index (χ1) is 8.65. The van der Waals surface area contributed by atoms with E-state index in [2.05, 4.69) is 4.74 Å². The average Bonchev–Trinajstić information content (AvgIpc) is 2.80. The van der Waals surface area contributed by atoms with Gasteiger partial charge in [-0.15, -0.1) is 0 Å². The van der Waals surface area contributed by atoms with Gasteiger partial charge in [0.2, 0.25) is 0 Å². The molecule has 0 N–H and O–H groups in total. The van der Waals surface area contributed by atoms with Crippen LogP contribution in [0, 0.1) is 0 Å². The molecule has 0 saturated heterocycles. The van der Waals surface area contributed by atoms with E-state index in [1.54, 1.807) is 32.2 Å². The van der Waals surface area contributed by atoms with Crippen LogP contribution in [0.15, 0.2) is 28.7 Å². The normalized spacial score (nSPS) is 10.3. The minimum Gasteiger partial charge on any atom is -0.497 e. The molecule has 0 aliphatic carbocycles. The van der Waals surface area contributed by atoms with Crippen molar-refractivity contribution in [3.63, 3.8) is 0 Å². The molecule has 0 spiro atoms. The zero-order valence-corrected chi connectivity index (χ0v) is 10.1. The first kappa shape index (κ1) is 12.2. The van der Waals surface area contributed by atoms with Crippen LogP contribution in [0.2, 0.25) is 0 Å². The number of rotatable bonds is 4. The molecule has 5 heteroatoms. The molecular formula is C13H12O5. The van der Waals surface area contributed by atoms with Crippen molar-refractivity contribution in [2.75, 3.05) is 13.7 Å². The second-order valence-corrected chi connectivity index (χ2v) is 3.56. The molecule has 0 radical (unpaired) electrons. The van der Waals surface area contributed by atoms with Crippen molar-refractivity contribution in [2.24, 2.45) is 0 Å². The van der Waals surface area contributed by atoms with Crippen LogP contribution in [0.25, 0.3) is 11.0 Å². The Kier molecular flexibility index (Phi) is 3.32. The summed E-state index contributed by atoms with van der Waals surface area (Å²) in [5.41, 5.74) is 0.517. The topological polar surface area (TPSA) is 65.7 Å². The molecule has 0 saturated carbocycles. The molecule has 18 heavy (non-hydrogen) atoms. The maximum absolute atomic E-state index is 11.7. The predicted octanol–water partition coefficient (Wildman–Crippen LogP) is 2.19. The van der Waals surface area contributed by atoms with Crippen molar-refractivity contribution >= 4 is 22.7 Å². The van der Waals surface area contributed by atoms with Gasteiger partial charge in [-0.2, -0.15) is 0 Å². The number of carbonyl (C=O) groups is 2. The first-order valence-electron chi connectivity index (χ1n) is 5.44. The van der Waals surface area contributed by atoms with Gasteiger partial charge in [0.15, 0.2) is 5.76 Å². The number of benzene rings is 1. The fraction of sp³-hybridized carbons (Fsp3) is 0.231. The van der Waals surface area contributed by atoms with Crippen molar-refractivity contribution in [1.29, 1.82) is 0 Å². The summed E-state index contributed by atoms with van der Waals surface area (Å²) in [5, 5.41) is 0.696. The highest BCUT2D eigenvalue weighted by molar-refractivity contribution is 6.40. The van der Waals surface area contributed by atoms with Crippen LogP contribution in [0.1, 0.15) is 17.5 Å². The van der Waals surface area contributed by atoms with Gasteiger partial charge in [0.25, 0.3) is 0 Å². The largest absolute Gasteiger partial charge is 0.497 e. The lowest BCUT2D eigenvalue weighted by Crippen LogP contribution is -2.16. The van der Waals surface area contributed by atoms with Gasteiger partial charge >= 0.3 is 11.8 Å². The van der Waals surface area contributed by atoms with Gasteiger partial charge in [0, 0.05) is 5.39 Å². The minimum atomic E-state index is -0.913. The Hall–Kier alpha value is -2.30. The summed E-state index contributed by atoms with van der Waals surface area (Å²) in [6.45, 7) is 1.79. The molecule has 1 aromatic heterocycles. The highest BCUT2D eigenvalue weighted by atomic mass is 16.5. The Labute approximate surface area is 103 Å². The molecular weight excluding hydrogens is 236 g/mol. The van der Waals surface area contributed by atoms with E-state index >= 15 is 0 Å². The van der Waals surface area contributed by atoms with E-state index < -0.39 is 11.8 Å². The number of methoxy groups -OCH3 is 1. The fourth-order valence-corrected chi connectivity index (χ4v) is 1.56. The Bertz CT molecular complexity index is 596. The third kappa shape index (κ3) is 2.20. The zero-order chi connectivity index (χ0) is 13.1. The number of ketones is 1. The van der Waals surface area contributed by atoms with Crippen molar-refractivity contribution < 1.29 is 23.5 Å². The van der Waals surface area contributed by atoms with Gasteiger partial charge in [0.05, 0.1) is 13.7 Å². The number of furan rings is 1. The van der Waals surface area contributed by atoms with Gasteiger partial charge < -0.3 is 13.9 Å². The Morgan fingerprint density at radius 2 is 2.06 bits per heavy atom. The van der Waals surface area contributed by atoms with Gasteiger partial charge in [-0.25, -0.2) is 4.79 Å². The van der Waals surface area contributed by atoms with Crippen LogP contribution in [-0.4, -0.2) is 25.5 Å². The van der Waals surface area contributed by atoms with Crippen molar-refractivity contribution in [3.05, 3.63) is 30.0 Å². The van der Waals surface area contributed by atoms with E-state index in [0.717, 1.165) is 0 Å². The Morgan fingerprint density at radius 1 is 1.28 bits per heavy atom. The molecule has 5 nitrogen and oxygen atoms in total. The zero-order valence-electron chi connectivity index (χ0n) is 10.1. The average molecular weight is 248 g/mol. The summed E-state index contributed by atoms with van der Waals surface area (Å²) in [7, 11) is 1.55. The van der Waals surface area contributed by atoms with Crippen LogP contribution < -0.4 is 4.74 Å². The van der Waals surface area contributed by atoms with Gasteiger partial charge in [-0.1, -0.05) is 0 Å². The number of carbonyl (C=O) groups excluding carboxylic acids is 2. The molecule has 0 bridgehead atoms. The lowest BCUT2D eigenvalue weighted by atomic mass is 10.2. The van der Waals surface area contributed by atoms with Crippen molar-refractivity contribution in [3.8, 4) is 5.75 Å². The summed E-state index contributed by atoms with van der Waals surface area (Å²) in [6.07, 6.45) is 0. The number of fused-ring (bicyclic) bond motifs is 1. The van der Waals surface area contributed by atoms with E-state index in [4.69, 9.17) is 9.15 Å². The van der Waals surface area contributed by atoms with E-state index in [1.807, 2.05) is 0 Å². The van der Waals surface area contributed by atoms with E-state index in [1.165, 1.54) is 6.07 Å². The smallest absolute Gasteiger partial charge is 0.383 e. The second-order valence-electron chi connectivity index (χ2n) is 3.56. The lowest BCUT2D eigenvalue weighted by Gasteiger charge is -1.97. The molecule has 0 aliphatic rings. The van der Waals surface area contributed by atoms with Gasteiger partial charge in [-0.05, 0) is 31.2 Å². The molecule has 0 amide bonds. The molecule has 2 rings (SSSR count). The molecule has 94 valence electrons. The quantitative estimate of drug-likeness (QED) is 0.471. The second kappa shape index (κ2) is 4.91. The highest BCUT2D eigenvalue weighted by Gasteiger charge is 2.21. The standard InChI is InChI=1S/C13H12O5/c1-3-17-13(15)12(14)11-7-8-6-9(16-2)4-5-10(8)18-11/h4-7H,3H2,1-2H3. The number of Topliss-reactive ketones (excluding diaryl/α,β-unsaturated/α-hetero) is 1. The van der Waals surface area contributed by atoms with Crippen LogP contribution >= 0.6 is 0 Å². The number of hydrogen-bond donors (Lipinski definition) is 0. The van der Waals surface area contributed by atoms with Gasteiger partial charge in [0.1, 0.15) is 11.3 Å². The van der Waals surface area contributed by atoms with Crippen molar-refractivity contribution in [1.82, 2.24) is 0 Å². The maximum atomic E-state index is 11.7. The number of hydrogen-bond acceptors (Lipinski definition) is 5. The Morgan fingerprint density at radius 3 is 2.72 bits per heavy atom. The fourth-order valence-electron chi connectivity index (χ4n) is 1.56. The van der Waals surface area contributed by atoms with Crippen LogP contribution in [0.3, 0.4) is 0 Å². The summed E-state index contributed by atoms with van der Waals surface area (Å²) >= 11 is 0. The lowest BCUT2D eigenvalue weighted by molar-refractivity contribution is -0.137. The molecule has 0 unspecified atom stereocenters. The molecule has 1 aromatic carbocycles. The van der Waals surface area contributed by atoms with Crippen LogP contribution in [-0.2, 0) is 9.53 Å². The number of ether oxygens (including phenoxy) is 2. The third-order valence-corrected chi connectivity index (χ3v) is 2.41. The minimum absolute atomic E-state index is 0.0308. The number of esters is 1. The predicted molar refractivity (Wildman–Crippen MR) is 63.7 cm³/mol. The van der Waals surface area contributed by atoms with Crippen molar-refractivity contribution in [2.45, 2.75) is 6.92 Å². The third-order valence-electron chi connectivity index (χ3n) is 2.41.